The molecule has 2 aromatic heterocycles. The van der Waals surface area contributed by atoms with Gasteiger partial charge in [-0.3, -0.25) is 4.79 Å². The van der Waals surface area contributed by atoms with Gasteiger partial charge in [0.2, 0.25) is 0 Å². The third kappa shape index (κ3) is 3.37. The first-order valence-electron chi connectivity index (χ1n) is 8.68. The van der Waals surface area contributed by atoms with E-state index >= 15 is 0 Å². The number of methoxy groups -OCH3 is 1. The van der Waals surface area contributed by atoms with Gasteiger partial charge >= 0.3 is 6.01 Å². The molecule has 0 saturated heterocycles. The second kappa shape index (κ2) is 7.40. The van der Waals surface area contributed by atoms with E-state index in [2.05, 4.69) is 15.4 Å². The number of anilines is 1. The fraction of sp³-hybridized carbons (Fsp3) is 0.0952. The molecule has 0 spiro atoms. The summed E-state index contributed by atoms with van der Waals surface area (Å²) < 4.78 is 12.1. The minimum atomic E-state index is -0.305. The van der Waals surface area contributed by atoms with Crippen molar-refractivity contribution < 1.29 is 13.9 Å². The lowest BCUT2D eigenvalue weighted by Crippen LogP contribution is -2.10. The second-order valence-electron chi connectivity index (χ2n) is 6.13. The molecule has 0 aliphatic carbocycles. The molecule has 0 unspecified atom stereocenters. The van der Waals surface area contributed by atoms with Crippen LogP contribution in [-0.4, -0.2) is 27.8 Å². The number of nitrogens with one attached hydrogen (secondary N) is 1. The molecule has 0 aliphatic rings. The molecule has 0 fully saturated rings. The number of rotatable bonds is 5. The summed E-state index contributed by atoms with van der Waals surface area (Å²) in [6, 6.07) is 18.8. The number of hydrogen-bond donors (Lipinski definition) is 1. The highest BCUT2D eigenvalue weighted by molar-refractivity contribution is 6.02. The van der Waals surface area contributed by atoms with E-state index in [1.54, 1.807) is 28.9 Å². The summed E-state index contributed by atoms with van der Waals surface area (Å²) in [5.41, 5.74) is 3.49. The topological polar surface area (TPSA) is 82.2 Å². The van der Waals surface area contributed by atoms with Crippen molar-refractivity contribution in [2.45, 2.75) is 6.92 Å². The summed E-state index contributed by atoms with van der Waals surface area (Å²) in [7, 11) is 1.54. The maximum Gasteiger partial charge on any atom is 0.336 e. The lowest BCUT2D eigenvalue weighted by Gasteiger charge is -2.09. The Hall–Kier alpha value is -3.87. The third-order valence-electron chi connectivity index (χ3n) is 4.27. The first kappa shape index (κ1) is 17.5. The van der Waals surface area contributed by atoms with Crippen LogP contribution < -0.4 is 10.1 Å². The lowest BCUT2D eigenvalue weighted by molar-refractivity contribution is 0.0996. The molecule has 28 heavy (non-hydrogen) atoms. The summed E-state index contributed by atoms with van der Waals surface area (Å²) >= 11 is 0. The lowest BCUT2D eigenvalue weighted by atomic mass is 10.1. The van der Waals surface area contributed by atoms with Gasteiger partial charge in [-0.25, -0.2) is 4.68 Å². The van der Waals surface area contributed by atoms with Crippen molar-refractivity contribution in [3.63, 3.8) is 0 Å². The number of aryl methyl sites for hydroxylation is 1. The molecule has 7 heteroatoms. The number of carbonyl (C=O) groups is 1. The Morgan fingerprint density at radius 1 is 1.07 bits per heavy atom. The Morgan fingerprint density at radius 3 is 2.54 bits per heavy atom. The van der Waals surface area contributed by atoms with Crippen LogP contribution in [0.25, 0.3) is 17.1 Å². The van der Waals surface area contributed by atoms with Crippen molar-refractivity contribution >= 4 is 11.6 Å². The maximum absolute atomic E-state index is 12.1. The van der Waals surface area contributed by atoms with Crippen LogP contribution in [0.1, 0.15) is 16.1 Å². The van der Waals surface area contributed by atoms with Gasteiger partial charge < -0.3 is 14.5 Å². The molecule has 7 nitrogen and oxygen atoms in total. The van der Waals surface area contributed by atoms with Crippen LogP contribution in [0.3, 0.4) is 0 Å². The molecule has 1 amide bonds. The number of ether oxygens (including phenoxy) is 1. The van der Waals surface area contributed by atoms with Crippen LogP contribution in [0.4, 0.5) is 5.69 Å². The van der Waals surface area contributed by atoms with E-state index in [-0.39, 0.29) is 17.7 Å². The maximum atomic E-state index is 12.1. The highest BCUT2D eigenvalue weighted by atomic mass is 16.5. The number of amides is 1. The number of aromatic nitrogens is 3. The van der Waals surface area contributed by atoms with Gasteiger partial charge in [0.1, 0.15) is 0 Å². The van der Waals surface area contributed by atoms with Gasteiger partial charge in [0.15, 0.2) is 11.6 Å². The van der Waals surface area contributed by atoms with Gasteiger partial charge in [-0.2, -0.15) is 4.98 Å². The molecule has 2 heterocycles. The van der Waals surface area contributed by atoms with E-state index in [4.69, 9.17) is 9.15 Å². The highest BCUT2D eigenvalue weighted by Crippen LogP contribution is 2.26. The summed E-state index contributed by atoms with van der Waals surface area (Å²) in [5, 5.41) is 7.22. The number of carbonyl (C=O) groups excluding carboxylic acids is 1. The molecule has 0 aliphatic heterocycles. The number of hydrogen-bond acceptors (Lipinski definition) is 5. The van der Waals surface area contributed by atoms with E-state index in [1.807, 2.05) is 43.3 Å². The largest absolute Gasteiger partial charge is 0.466 e. The van der Waals surface area contributed by atoms with Crippen LogP contribution in [0, 0.1) is 6.92 Å². The Kier molecular flexibility index (Phi) is 4.63. The summed E-state index contributed by atoms with van der Waals surface area (Å²) in [4.78, 5) is 16.6. The van der Waals surface area contributed by atoms with Gasteiger partial charge in [0, 0.05) is 11.3 Å². The number of nitrogens with zero attached hydrogens (tertiary/aromatic N) is 3. The molecule has 1 N–H and O–H groups in total. The normalized spacial score (nSPS) is 10.6. The molecule has 4 aromatic rings. The highest BCUT2D eigenvalue weighted by Gasteiger charge is 2.16. The van der Waals surface area contributed by atoms with E-state index in [0.717, 1.165) is 16.8 Å². The van der Waals surface area contributed by atoms with Gasteiger partial charge in [-0.15, -0.1) is 5.10 Å². The van der Waals surface area contributed by atoms with Crippen molar-refractivity contribution in [1.82, 2.24) is 14.8 Å². The third-order valence-corrected chi connectivity index (χ3v) is 4.27. The molecular formula is C21H18N4O3. The minimum absolute atomic E-state index is 0.256. The predicted octanol–water partition coefficient (Wildman–Crippen LogP) is 4.10. The van der Waals surface area contributed by atoms with Crippen molar-refractivity contribution in [3.8, 4) is 23.1 Å². The Morgan fingerprint density at radius 2 is 1.86 bits per heavy atom. The molecule has 0 radical (unpaired) electrons. The van der Waals surface area contributed by atoms with Crippen molar-refractivity contribution in [2.75, 3.05) is 12.4 Å². The van der Waals surface area contributed by atoms with Crippen LogP contribution in [0.5, 0.6) is 6.01 Å². The second-order valence-corrected chi connectivity index (χ2v) is 6.13. The minimum Gasteiger partial charge on any atom is -0.466 e. The average Bonchev–Trinajstić information content (AvgIpc) is 3.39. The zero-order valence-corrected chi connectivity index (χ0v) is 15.4. The zero-order chi connectivity index (χ0) is 19.5. The first-order chi connectivity index (χ1) is 13.7. The fourth-order valence-corrected chi connectivity index (χ4v) is 2.84. The molecule has 2 aromatic carbocycles. The smallest absolute Gasteiger partial charge is 0.336 e. The summed E-state index contributed by atoms with van der Waals surface area (Å²) in [5.74, 6) is 0.634. The molecule has 140 valence electrons. The van der Waals surface area contributed by atoms with Gasteiger partial charge in [0.05, 0.1) is 19.1 Å². The number of furan rings is 1. The summed E-state index contributed by atoms with van der Waals surface area (Å²) in [6.07, 6.45) is 1.46. The Labute approximate surface area is 161 Å². The van der Waals surface area contributed by atoms with E-state index in [9.17, 15) is 4.79 Å². The SMILES string of the molecule is COc1nc(-c2ccccc2C)n(-c2ccc(NC(=O)c3ccco3)cc2)n1. The van der Waals surface area contributed by atoms with Crippen molar-refractivity contribution in [3.05, 3.63) is 78.3 Å². The van der Waals surface area contributed by atoms with E-state index < -0.39 is 0 Å². The monoisotopic (exact) mass is 374 g/mol. The van der Waals surface area contributed by atoms with Gasteiger partial charge in [0.25, 0.3) is 5.91 Å². The summed E-state index contributed by atoms with van der Waals surface area (Å²) in [6.45, 7) is 2.02. The molecule has 0 saturated carbocycles. The Balaban J connectivity index is 1.65. The van der Waals surface area contributed by atoms with Crippen molar-refractivity contribution in [1.29, 1.82) is 0 Å². The Bertz CT molecular complexity index is 1100. The van der Waals surface area contributed by atoms with Crippen LogP contribution in [-0.2, 0) is 0 Å². The average molecular weight is 374 g/mol. The first-order valence-corrected chi connectivity index (χ1v) is 8.68. The molecular weight excluding hydrogens is 356 g/mol. The van der Waals surface area contributed by atoms with Gasteiger partial charge in [-0.1, -0.05) is 24.3 Å². The molecule has 0 atom stereocenters. The zero-order valence-electron chi connectivity index (χ0n) is 15.4. The van der Waals surface area contributed by atoms with Crippen LogP contribution >= 0.6 is 0 Å². The van der Waals surface area contributed by atoms with Crippen molar-refractivity contribution in [2.24, 2.45) is 0 Å². The van der Waals surface area contributed by atoms with Crippen LogP contribution in [0.2, 0.25) is 0 Å². The predicted molar refractivity (Wildman–Crippen MR) is 105 cm³/mol. The number of benzene rings is 2. The van der Waals surface area contributed by atoms with Crippen LogP contribution in [0.15, 0.2) is 71.3 Å². The molecule has 4 rings (SSSR count). The van der Waals surface area contributed by atoms with E-state index in [0.29, 0.717) is 11.5 Å². The van der Waals surface area contributed by atoms with E-state index in [1.165, 1.54) is 13.4 Å². The standard InChI is InChI=1S/C21H18N4O3/c1-14-6-3-4-7-17(14)19-23-21(27-2)24-25(19)16-11-9-15(10-12-16)22-20(26)18-8-5-13-28-18/h3-13H,1-2H3,(H,22,26). The quantitative estimate of drug-likeness (QED) is 0.569. The van der Waals surface area contributed by atoms with Gasteiger partial charge in [-0.05, 0) is 48.9 Å². The fourth-order valence-electron chi connectivity index (χ4n) is 2.84. The molecule has 0 bridgehead atoms.